The van der Waals surface area contributed by atoms with Gasteiger partial charge in [0.1, 0.15) is 17.3 Å². The number of nitrogens with zero attached hydrogens (tertiary/aromatic N) is 4. The van der Waals surface area contributed by atoms with Gasteiger partial charge in [-0.3, -0.25) is 13.7 Å². The Kier molecular flexibility index (Phi) is 10.6. The van der Waals surface area contributed by atoms with Crippen LogP contribution in [0, 0.1) is 6.33 Å². The highest BCUT2D eigenvalue weighted by Gasteiger charge is 2.39. The van der Waals surface area contributed by atoms with Gasteiger partial charge in [-0.05, 0) is 143 Å². The summed E-state index contributed by atoms with van der Waals surface area (Å²) in [6.45, 7) is 26.0. The molecule has 10 aromatic carbocycles. The first-order valence-electron chi connectivity index (χ1n) is 37.3. The third-order valence-electron chi connectivity index (χ3n) is 16.8. The second kappa shape index (κ2) is 22.0. The average Bonchev–Trinajstić information content (AvgIpc) is 1.18. The molecule has 0 fully saturated rings. The predicted molar refractivity (Wildman–Crippen MR) is 366 cm³/mol. The van der Waals surface area contributed by atoms with Gasteiger partial charge in [-0.25, -0.2) is 4.98 Å². The highest BCUT2D eigenvalue weighted by Crippen LogP contribution is 2.47. The fourth-order valence-corrected chi connectivity index (χ4v) is 12.0. The van der Waals surface area contributed by atoms with Crippen molar-refractivity contribution in [3.8, 4) is 50.9 Å². The number of benzene rings is 10. The van der Waals surface area contributed by atoms with Crippen molar-refractivity contribution in [3.05, 3.63) is 305 Å². The summed E-state index contributed by atoms with van der Waals surface area (Å²) in [6, 6.07) is 38.0. The van der Waals surface area contributed by atoms with Gasteiger partial charge < -0.3 is 4.74 Å². The van der Waals surface area contributed by atoms with E-state index in [9.17, 15) is 16.4 Å². The summed E-state index contributed by atoms with van der Waals surface area (Å²) in [4.78, 5) is 4.91. The number of para-hydroxylation sites is 2. The average molecular weight is 1160 g/mol. The third-order valence-corrected chi connectivity index (χ3v) is 16.8. The Labute approximate surface area is 541 Å². The summed E-state index contributed by atoms with van der Waals surface area (Å²) >= 11 is 0. The van der Waals surface area contributed by atoms with E-state index in [1.54, 1.807) is 16.7 Å². The maximum Gasteiger partial charge on any atom is 0.269 e. The molecular formula is C83H78N4O. The van der Waals surface area contributed by atoms with Crippen molar-refractivity contribution < 1.29 is 29.9 Å². The molecule has 5 heteroatoms. The van der Waals surface area contributed by atoms with Gasteiger partial charge >= 0.3 is 0 Å². The van der Waals surface area contributed by atoms with Crippen LogP contribution in [0.1, 0.15) is 148 Å². The van der Waals surface area contributed by atoms with Crippen molar-refractivity contribution in [2.75, 3.05) is 0 Å². The van der Waals surface area contributed by atoms with Gasteiger partial charge in [-0.15, -0.1) is 0 Å². The molecule has 5 nitrogen and oxygen atoms in total. The summed E-state index contributed by atoms with van der Waals surface area (Å²) < 4.78 is 155. The molecule has 0 aliphatic heterocycles. The number of pyridine rings is 1. The minimum absolute atomic E-state index is 0.168. The molecule has 0 amide bonds. The van der Waals surface area contributed by atoms with Crippen LogP contribution in [0.2, 0.25) is 0 Å². The normalized spacial score (nSPS) is 14.9. The van der Waals surface area contributed by atoms with Crippen molar-refractivity contribution in [2.45, 2.75) is 110 Å². The molecule has 3 heterocycles. The van der Waals surface area contributed by atoms with Crippen LogP contribution in [-0.4, -0.2) is 14.1 Å². The molecule has 0 unspecified atom stereocenters. The van der Waals surface area contributed by atoms with E-state index >= 15 is 0 Å². The van der Waals surface area contributed by atoms with E-state index in [2.05, 4.69) is 161 Å². The molecular weight excluding hydrogens is 1070 g/mol. The van der Waals surface area contributed by atoms with Gasteiger partial charge in [0, 0.05) is 23.0 Å². The highest BCUT2D eigenvalue weighted by molar-refractivity contribution is 6.09. The third kappa shape index (κ3) is 10.5. The van der Waals surface area contributed by atoms with Crippen LogP contribution in [0.15, 0.2) is 255 Å². The maximum absolute atomic E-state index is 9.91. The van der Waals surface area contributed by atoms with Crippen molar-refractivity contribution >= 4 is 32.8 Å². The number of aromatic nitrogens is 4. The number of ether oxygens (including phenoxy) is 1. The molecule has 0 aliphatic rings. The fourth-order valence-electron chi connectivity index (χ4n) is 12.0. The van der Waals surface area contributed by atoms with Crippen LogP contribution in [0.5, 0.6) is 11.5 Å². The van der Waals surface area contributed by atoms with Crippen LogP contribution in [-0.2, 0) is 27.1 Å². The number of hydrogen-bond acceptors (Lipinski definition) is 2. The van der Waals surface area contributed by atoms with Crippen molar-refractivity contribution in [1.29, 1.82) is 0 Å². The maximum atomic E-state index is 9.91. The summed E-state index contributed by atoms with van der Waals surface area (Å²) in [5, 5.41) is 2.00. The SMILES string of the molecule is [2H]c1c([2H])c([2H])c(C(c2ccc3c(c2)n(-c2cccc(Oc4ccc5c6ccccc6n(-c6cc(C(C)(C)C)ccn6)c5c4)c2)[c-][n+]3-c2c(-c3cccc(C(C)(C)C)c3)cccc2-c2cc(C(C)(C)C)cc(C(C)(C)C)c2)(c2c([2H])c([2H])c([2H])c([2H])c2[2H])c2c([2H])c([2H])c([2H])c([2H])c2[2H])c([2H])c1[2H]. The molecule has 0 saturated carbocycles. The quantitative estimate of drug-likeness (QED) is 0.0735. The Morgan fingerprint density at radius 2 is 0.955 bits per heavy atom. The first-order valence-corrected chi connectivity index (χ1v) is 29.8. The van der Waals surface area contributed by atoms with Gasteiger partial charge in [0.25, 0.3) is 6.33 Å². The Balaban J connectivity index is 1.18. The molecule has 3 aromatic heterocycles. The van der Waals surface area contributed by atoms with E-state index < -0.39 is 113 Å². The molecule has 0 atom stereocenters. The van der Waals surface area contributed by atoms with Crippen molar-refractivity contribution in [3.63, 3.8) is 0 Å². The number of hydrogen-bond donors (Lipinski definition) is 0. The van der Waals surface area contributed by atoms with Crippen LogP contribution in [0.4, 0.5) is 0 Å². The standard InChI is InChI=1S/C83H78N4O/c1-79(2,3)61-34-24-27-56(47-61)69-38-26-39-70(57-48-64(81(7,8)9)50-65(49-57)82(10,11)12)78(69)86-55-85(76-51-63(41-44-74(76)86)83(58-28-16-13-17-29-58,59-30-18-14-19-31-59)60-32-20-15-21-33-60)66-35-25-36-67(53-66)88-68-42-43-72-71-37-22-23-40-73(71)87(75(72)54-68)77-52-62(45-46-84-77)80(4,5)6/h13-54H,1-12H3/i13D,14D,15D,16D,17D,18D,19D,20D,21D,28D,29D,30D,31D,32D,33D. The van der Waals surface area contributed by atoms with Crippen LogP contribution < -0.4 is 9.30 Å². The van der Waals surface area contributed by atoms with E-state index in [0.717, 1.165) is 72.1 Å². The zero-order valence-corrected chi connectivity index (χ0v) is 51.8. The Morgan fingerprint density at radius 3 is 1.58 bits per heavy atom. The molecule has 436 valence electrons. The Morgan fingerprint density at radius 1 is 0.409 bits per heavy atom. The minimum Gasteiger partial charge on any atom is -0.458 e. The molecule has 13 rings (SSSR count). The van der Waals surface area contributed by atoms with E-state index in [0.29, 0.717) is 28.4 Å². The largest absolute Gasteiger partial charge is 0.458 e. The zero-order chi connectivity index (χ0) is 74.4. The second-order valence-corrected chi connectivity index (χ2v) is 26.8. The highest BCUT2D eigenvalue weighted by atomic mass is 16.5. The summed E-state index contributed by atoms with van der Waals surface area (Å²) in [7, 11) is 0. The molecule has 0 N–H and O–H groups in total. The summed E-state index contributed by atoms with van der Waals surface area (Å²) in [5.41, 5.74) is 4.90. The Bertz CT molecular complexity index is 5400. The fraction of sp³-hybridized carbons (Fsp3) is 0.205. The van der Waals surface area contributed by atoms with Crippen LogP contribution >= 0.6 is 0 Å². The zero-order valence-electron chi connectivity index (χ0n) is 66.8. The van der Waals surface area contributed by atoms with Gasteiger partial charge in [-0.2, -0.15) is 0 Å². The molecule has 88 heavy (non-hydrogen) atoms. The second-order valence-electron chi connectivity index (χ2n) is 26.8. The number of fused-ring (bicyclic) bond motifs is 4. The smallest absolute Gasteiger partial charge is 0.269 e. The molecule has 13 aromatic rings. The number of rotatable bonds is 11. The molecule has 0 spiro atoms. The molecule has 0 saturated heterocycles. The summed E-state index contributed by atoms with van der Waals surface area (Å²) in [6.07, 6.45) is 5.61. The predicted octanol–water partition coefficient (Wildman–Crippen LogP) is 20.9. The van der Waals surface area contributed by atoms with Crippen molar-refractivity contribution in [1.82, 2.24) is 14.1 Å². The Hall–Kier alpha value is -9.58. The molecule has 0 bridgehead atoms. The lowest BCUT2D eigenvalue weighted by molar-refractivity contribution is -0.571. The van der Waals surface area contributed by atoms with Gasteiger partial charge in [-0.1, -0.05) is 271 Å². The first-order chi connectivity index (χ1) is 48.4. The first kappa shape index (κ1) is 42.3. The van der Waals surface area contributed by atoms with Crippen LogP contribution in [0.25, 0.3) is 72.3 Å². The van der Waals surface area contributed by atoms with E-state index in [1.165, 1.54) is 6.07 Å². The number of imidazole rings is 1. The van der Waals surface area contributed by atoms with E-state index in [-0.39, 0.29) is 32.7 Å². The minimum atomic E-state index is -2.94. The summed E-state index contributed by atoms with van der Waals surface area (Å²) in [5.74, 6) is 1.60. The van der Waals surface area contributed by atoms with Crippen molar-refractivity contribution in [2.24, 2.45) is 0 Å². The van der Waals surface area contributed by atoms with Crippen LogP contribution in [0.3, 0.4) is 0 Å². The molecule has 0 radical (unpaired) electrons. The van der Waals surface area contributed by atoms with Gasteiger partial charge in [0.2, 0.25) is 0 Å². The monoisotopic (exact) mass is 1160 g/mol. The lowest BCUT2D eigenvalue weighted by atomic mass is 9.65. The van der Waals surface area contributed by atoms with E-state index in [4.69, 9.17) is 13.8 Å². The topological polar surface area (TPSA) is 35.9 Å². The van der Waals surface area contributed by atoms with E-state index in [1.807, 2.05) is 83.6 Å². The lowest BCUT2D eigenvalue weighted by Gasteiger charge is -2.37. The van der Waals surface area contributed by atoms with Gasteiger partial charge in [0.05, 0.1) is 59.4 Å². The van der Waals surface area contributed by atoms with Gasteiger partial charge in [0.15, 0.2) is 0 Å². The lowest BCUT2D eigenvalue weighted by Crippen LogP contribution is -2.32. The molecule has 0 aliphatic carbocycles.